The van der Waals surface area contributed by atoms with Gasteiger partial charge in [-0.1, -0.05) is 13.2 Å². The zero-order valence-electron chi connectivity index (χ0n) is 19.3. The summed E-state index contributed by atoms with van der Waals surface area (Å²) in [4.78, 5) is 41.8. The van der Waals surface area contributed by atoms with E-state index in [1.165, 1.54) is 13.8 Å². The van der Waals surface area contributed by atoms with Crippen molar-refractivity contribution in [2.45, 2.75) is 50.8 Å². The molecule has 0 rings (SSSR count). The van der Waals surface area contributed by atoms with E-state index in [-0.39, 0.29) is 11.1 Å². The minimum atomic E-state index is -5.81. The van der Waals surface area contributed by atoms with Crippen molar-refractivity contribution in [3.63, 3.8) is 0 Å². The van der Waals surface area contributed by atoms with Crippen LogP contribution in [0.1, 0.15) is 13.8 Å². The van der Waals surface area contributed by atoms with Gasteiger partial charge in [0, 0.05) is 11.1 Å². The topological polar surface area (TPSA) is 136 Å². The third-order valence-electron chi connectivity index (χ3n) is 2.81. The number of rotatable bonds is 7. The van der Waals surface area contributed by atoms with E-state index in [1.54, 1.807) is 0 Å². The third kappa shape index (κ3) is 20.2. The van der Waals surface area contributed by atoms with E-state index < -0.39 is 74.0 Å². The van der Waals surface area contributed by atoms with Gasteiger partial charge < -0.3 is 24.4 Å². The maximum Gasteiger partial charge on any atom is 0.434 e. The van der Waals surface area contributed by atoms with E-state index in [4.69, 9.17) is 10.2 Å². The smallest absolute Gasteiger partial charge is 0.434 e. The van der Waals surface area contributed by atoms with Crippen LogP contribution in [-0.4, -0.2) is 84.2 Å². The maximum absolute atomic E-state index is 12.0. The van der Waals surface area contributed by atoms with Crippen molar-refractivity contribution >= 4 is 23.9 Å². The fourth-order valence-corrected chi connectivity index (χ4v) is 1.17. The van der Waals surface area contributed by atoms with Crippen LogP contribution >= 0.6 is 0 Å². The molecule has 0 saturated heterocycles. The maximum atomic E-state index is 12.0. The molecule has 0 bridgehead atoms. The molecule has 21 heteroatoms. The highest BCUT2D eigenvalue weighted by Gasteiger charge is 2.60. The average Bonchev–Trinajstić information content (AvgIpc) is 2.71. The number of aliphatic carboxylic acids is 1. The summed E-state index contributed by atoms with van der Waals surface area (Å²) in [5.41, 5.74) is 0.0113. The Morgan fingerprint density at radius 2 is 0.974 bits per heavy atom. The molecule has 39 heavy (non-hydrogen) atoms. The number of carboxylic acid groups (broad SMARTS) is 1. The minimum absolute atomic E-state index is 0.184. The molecule has 0 spiro atoms. The number of halogens is 12. The second-order valence-electron chi connectivity index (χ2n) is 6.55. The second-order valence-corrected chi connectivity index (χ2v) is 6.55. The van der Waals surface area contributed by atoms with Gasteiger partial charge in [-0.05, 0) is 13.8 Å². The van der Waals surface area contributed by atoms with Gasteiger partial charge in [0.1, 0.15) is 0 Å². The Hall–Kier alpha value is -3.52. The summed E-state index contributed by atoms with van der Waals surface area (Å²) < 4.78 is 149. The molecule has 0 saturated carbocycles. The molecule has 2 N–H and O–H groups in total. The summed E-state index contributed by atoms with van der Waals surface area (Å²) in [6, 6.07) is 0. The SMILES string of the molecule is C=C(C)C(=O)OCC(=O)O.C=C(C)C(=O)OCC(=O)OC(C(F)(F)F)C(F)(F)F.OC(C(F)(F)F)C(F)(F)F. The highest BCUT2D eigenvalue weighted by Crippen LogP contribution is 2.35. The molecule has 0 heterocycles. The van der Waals surface area contributed by atoms with Crippen molar-refractivity contribution in [1.29, 1.82) is 0 Å². The van der Waals surface area contributed by atoms with Crippen LogP contribution in [-0.2, 0) is 33.4 Å². The molecular weight excluding hydrogens is 588 g/mol. The van der Waals surface area contributed by atoms with E-state index in [9.17, 15) is 71.9 Å². The van der Waals surface area contributed by atoms with Crippen molar-refractivity contribution in [2.75, 3.05) is 13.2 Å². The molecule has 0 radical (unpaired) electrons. The normalized spacial score (nSPS) is 11.8. The van der Waals surface area contributed by atoms with Crippen LogP contribution in [0, 0.1) is 0 Å². The van der Waals surface area contributed by atoms with Gasteiger partial charge in [0.2, 0.25) is 6.10 Å². The molecule has 0 aliphatic heterocycles. The predicted octanol–water partition coefficient (Wildman–Crippen LogP) is 3.80. The molecule has 9 nitrogen and oxygen atoms in total. The van der Waals surface area contributed by atoms with Crippen LogP contribution in [0.2, 0.25) is 0 Å². The summed E-state index contributed by atoms with van der Waals surface area (Å²) in [5, 5.41) is 15.5. The summed E-state index contributed by atoms with van der Waals surface area (Å²) in [7, 11) is 0. The van der Waals surface area contributed by atoms with Gasteiger partial charge >= 0.3 is 48.6 Å². The van der Waals surface area contributed by atoms with Gasteiger partial charge in [-0.25, -0.2) is 19.2 Å². The number of aliphatic hydroxyl groups is 1. The summed E-state index contributed by atoms with van der Waals surface area (Å²) in [5.74, 6) is -4.97. The predicted molar refractivity (Wildman–Crippen MR) is 99.3 cm³/mol. The van der Waals surface area contributed by atoms with Gasteiger partial charge in [-0.2, -0.15) is 52.7 Å². The first-order chi connectivity index (χ1) is 17.0. The molecule has 0 aromatic rings. The van der Waals surface area contributed by atoms with E-state index >= 15 is 0 Å². The highest BCUT2D eigenvalue weighted by molar-refractivity contribution is 5.89. The number of carbonyl (C=O) groups excluding carboxylic acids is 3. The first-order valence-corrected chi connectivity index (χ1v) is 9.06. The molecule has 228 valence electrons. The molecule has 0 unspecified atom stereocenters. The summed E-state index contributed by atoms with van der Waals surface area (Å²) >= 11 is 0. The molecule has 0 aromatic carbocycles. The molecule has 0 aliphatic carbocycles. The number of alkyl halides is 12. The van der Waals surface area contributed by atoms with Crippen molar-refractivity contribution in [1.82, 2.24) is 0 Å². The second kappa shape index (κ2) is 15.8. The minimum Gasteiger partial charge on any atom is -0.479 e. The standard InChI is InChI=1S/C9H8F6O4.C6H8O4.C3H2F6O/c1-4(2)6(17)18-3-5(16)19-7(8(10,11)12)9(13,14)15;1-4(2)6(9)10-3-5(7)8;4-2(5,6)1(10)3(7,8)9/h7H,1,3H2,2H3;1,3H2,2H3,(H,7,8);1,10H. The molecule has 0 atom stereocenters. The molecule has 0 aromatic heterocycles. The van der Waals surface area contributed by atoms with Gasteiger partial charge in [0.15, 0.2) is 13.2 Å². The van der Waals surface area contributed by atoms with E-state index in [0.717, 1.165) is 0 Å². The van der Waals surface area contributed by atoms with Gasteiger partial charge in [-0.3, -0.25) is 0 Å². The zero-order chi connectivity index (χ0) is 32.2. The van der Waals surface area contributed by atoms with Crippen LogP contribution in [0.25, 0.3) is 0 Å². The van der Waals surface area contributed by atoms with Crippen molar-refractivity contribution in [3.05, 3.63) is 24.3 Å². The lowest BCUT2D eigenvalue weighted by Crippen LogP contribution is -2.46. The Morgan fingerprint density at radius 1 is 0.667 bits per heavy atom. The number of aliphatic hydroxyl groups excluding tert-OH is 1. The Morgan fingerprint density at radius 3 is 1.18 bits per heavy atom. The number of hydrogen-bond acceptors (Lipinski definition) is 8. The monoisotopic (exact) mass is 606 g/mol. The quantitative estimate of drug-likeness (QED) is 0.192. The first kappa shape index (κ1) is 40.0. The fraction of sp³-hybridized carbons (Fsp3) is 0.556. The zero-order valence-corrected chi connectivity index (χ0v) is 19.3. The Labute approximate surface area is 209 Å². The van der Waals surface area contributed by atoms with E-state index in [1.807, 2.05) is 0 Å². The fourth-order valence-electron chi connectivity index (χ4n) is 1.17. The number of carboxylic acids is 1. The first-order valence-electron chi connectivity index (χ1n) is 9.06. The number of esters is 3. The summed E-state index contributed by atoms with van der Waals surface area (Å²) in [6.07, 6.45) is -31.4. The van der Waals surface area contributed by atoms with Crippen molar-refractivity contribution in [2.24, 2.45) is 0 Å². The number of hydrogen-bond donors (Lipinski definition) is 2. The van der Waals surface area contributed by atoms with Crippen LogP contribution in [0.4, 0.5) is 52.7 Å². The number of carbonyl (C=O) groups is 4. The lowest BCUT2D eigenvalue weighted by molar-refractivity contribution is -0.313. The van der Waals surface area contributed by atoms with Crippen LogP contribution in [0.5, 0.6) is 0 Å². The molecular formula is C18H18F12O9. The van der Waals surface area contributed by atoms with Crippen LogP contribution in [0.15, 0.2) is 24.3 Å². The lowest BCUT2D eigenvalue weighted by atomic mass is 10.3. The van der Waals surface area contributed by atoms with E-state index in [2.05, 4.69) is 27.4 Å². The Balaban J connectivity index is -0.000000547. The highest BCUT2D eigenvalue weighted by atomic mass is 19.4. The van der Waals surface area contributed by atoms with Crippen molar-refractivity contribution < 1.29 is 96.3 Å². The van der Waals surface area contributed by atoms with Crippen LogP contribution < -0.4 is 0 Å². The van der Waals surface area contributed by atoms with Gasteiger partial charge in [-0.15, -0.1) is 0 Å². The molecule has 0 fully saturated rings. The number of ether oxygens (including phenoxy) is 3. The molecule has 0 amide bonds. The third-order valence-corrected chi connectivity index (χ3v) is 2.81. The van der Waals surface area contributed by atoms with Gasteiger partial charge in [0.25, 0.3) is 6.10 Å². The van der Waals surface area contributed by atoms with Crippen LogP contribution in [0.3, 0.4) is 0 Å². The van der Waals surface area contributed by atoms with E-state index in [0.29, 0.717) is 0 Å². The Kier molecular flexibility index (Phi) is 16.2. The largest absolute Gasteiger partial charge is 0.479 e. The Bertz CT molecular complexity index is 843. The summed E-state index contributed by atoms with van der Waals surface area (Å²) in [6.45, 7) is 6.98. The van der Waals surface area contributed by atoms with Crippen molar-refractivity contribution in [3.8, 4) is 0 Å². The average molecular weight is 606 g/mol. The van der Waals surface area contributed by atoms with Gasteiger partial charge in [0.05, 0.1) is 0 Å². The lowest BCUT2D eigenvalue weighted by Gasteiger charge is -2.22. The molecule has 0 aliphatic rings.